The molecule has 0 saturated heterocycles. The molecule has 1 aromatic carbocycles. The number of amides is 1. The molecule has 1 saturated carbocycles. The van der Waals surface area contributed by atoms with E-state index in [1.165, 1.54) is 19.3 Å². The molecule has 5 heteroatoms. The van der Waals surface area contributed by atoms with Crippen LogP contribution in [0.25, 0.3) is 10.4 Å². The summed E-state index contributed by atoms with van der Waals surface area (Å²) in [6.45, 7) is 0. The highest BCUT2D eigenvalue weighted by molar-refractivity contribution is 5.79. The number of nitrogens with one attached hydrogen (secondary N) is 1. The molecule has 1 fully saturated rings. The predicted octanol–water partition coefficient (Wildman–Crippen LogP) is 3.62. The molecule has 0 aromatic heterocycles. The van der Waals surface area contributed by atoms with Crippen LogP contribution in [0.1, 0.15) is 37.7 Å². The van der Waals surface area contributed by atoms with Gasteiger partial charge in [-0.2, -0.15) is 0 Å². The van der Waals surface area contributed by atoms with Gasteiger partial charge < -0.3 is 5.32 Å². The molecule has 1 aliphatic carbocycles. The van der Waals surface area contributed by atoms with Crippen LogP contribution < -0.4 is 5.32 Å². The van der Waals surface area contributed by atoms with Gasteiger partial charge in [-0.25, -0.2) is 0 Å². The van der Waals surface area contributed by atoms with Crippen molar-refractivity contribution in [3.8, 4) is 0 Å². The monoisotopic (exact) mass is 258 g/mol. The summed E-state index contributed by atoms with van der Waals surface area (Å²) in [4.78, 5) is 14.6. The molecule has 1 N–H and O–H groups in total. The van der Waals surface area contributed by atoms with Gasteiger partial charge in [0.2, 0.25) is 5.91 Å². The van der Waals surface area contributed by atoms with Crippen molar-refractivity contribution >= 4 is 11.6 Å². The van der Waals surface area contributed by atoms with E-state index in [9.17, 15) is 4.79 Å². The zero-order valence-corrected chi connectivity index (χ0v) is 10.9. The number of benzene rings is 1. The summed E-state index contributed by atoms with van der Waals surface area (Å²) in [5, 5.41) is 6.59. The van der Waals surface area contributed by atoms with Crippen LogP contribution in [0, 0.1) is 0 Å². The van der Waals surface area contributed by atoms with Gasteiger partial charge in [-0.3, -0.25) is 4.79 Å². The highest BCUT2D eigenvalue weighted by atomic mass is 16.1. The zero-order chi connectivity index (χ0) is 13.5. The van der Waals surface area contributed by atoms with Crippen LogP contribution in [0.5, 0.6) is 0 Å². The van der Waals surface area contributed by atoms with Crippen LogP contribution >= 0.6 is 0 Å². The summed E-state index contributed by atoms with van der Waals surface area (Å²) < 4.78 is 0. The summed E-state index contributed by atoms with van der Waals surface area (Å²) in [7, 11) is 0. The molecule has 5 nitrogen and oxygen atoms in total. The van der Waals surface area contributed by atoms with Crippen molar-refractivity contribution < 1.29 is 4.79 Å². The number of nitrogens with zero attached hydrogens (tertiary/aromatic N) is 3. The van der Waals surface area contributed by atoms with Crippen molar-refractivity contribution in [2.45, 2.75) is 44.6 Å². The van der Waals surface area contributed by atoms with Gasteiger partial charge in [-0.15, -0.1) is 0 Å². The number of rotatable bonds is 4. The molecule has 1 aromatic rings. The minimum atomic E-state index is 0.0726. The standard InChI is InChI=1S/C14H18N4O/c15-18-17-13-8-6-11(7-9-13)10-14(19)16-12-4-2-1-3-5-12/h6-9,12H,1-5,10H2,(H,16,19). The van der Waals surface area contributed by atoms with Gasteiger partial charge in [0.15, 0.2) is 0 Å². The maximum Gasteiger partial charge on any atom is 0.224 e. The van der Waals surface area contributed by atoms with Gasteiger partial charge in [0.25, 0.3) is 0 Å². The second-order valence-electron chi connectivity index (χ2n) is 4.94. The Kier molecular flexibility index (Phi) is 4.81. The molecular weight excluding hydrogens is 240 g/mol. The third kappa shape index (κ3) is 4.30. The van der Waals surface area contributed by atoms with E-state index in [1.807, 2.05) is 12.1 Å². The molecule has 0 heterocycles. The van der Waals surface area contributed by atoms with Gasteiger partial charge in [0.05, 0.1) is 6.42 Å². The second kappa shape index (κ2) is 6.81. The number of hydrogen-bond donors (Lipinski definition) is 1. The molecule has 0 bridgehead atoms. The SMILES string of the molecule is [N-]=[N+]=Nc1ccc(CC(=O)NC2CCCCC2)cc1. The van der Waals surface area contributed by atoms with Crippen LogP contribution in [-0.2, 0) is 11.2 Å². The molecule has 100 valence electrons. The molecule has 19 heavy (non-hydrogen) atoms. The smallest absolute Gasteiger partial charge is 0.224 e. The number of carbonyl (C=O) groups excluding carboxylic acids is 1. The molecule has 0 radical (unpaired) electrons. The summed E-state index contributed by atoms with van der Waals surface area (Å²) in [6.07, 6.45) is 6.29. The quantitative estimate of drug-likeness (QED) is 0.499. The van der Waals surface area contributed by atoms with Gasteiger partial charge >= 0.3 is 0 Å². The van der Waals surface area contributed by atoms with Crippen molar-refractivity contribution in [2.24, 2.45) is 5.11 Å². The highest BCUT2D eigenvalue weighted by Gasteiger charge is 2.15. The number of carbonyl (C=O) groups is 1. The van der Waals surface area contributed by atoms with Crippen molar-refractivity contribution in [3.05, 3.63) is 40.3 Å². The van der Waals surface area contributed by atoms with Crippen LogP contribution in [0.4, 0.5) is 5.69 Å². The average molecular weight is 258 g/mol. The first kappa shape index (κ1) is 13.4. The summed E-state index contributed by atoms with van der Waals surface area (Å²) in [5.41, 5.74) is 9.81. The predicted molar refractivity (Wildman–Crippen MR) is 74.0 cm³/mol. The van der Waals surface area contributed by atoms with Crippen LogP contribution in [-0.4, -0.2) is 11.9 Å². The van der Waals surface area contributed by atoms with E-state index in [2.05, 4.69) is 15.3 Å². The van der Waals surface area contributed by atoms with Gasteiger partial charge in [-0.05, 0) is 23.9 Å². The molecule has 0 atom stereocenters. The highest BCUT2D eigenvalue weighted by Crippen LogP contribution is 2.18. The summed E-state index contributed by atoms with van der Waals surface area (Å²) in [5.74, 6) is 0.0726. The topological polar surface area (TPSA) is 77.9 Å². The molecule has 0 unspecified atom stereocenters. The van der Waals surface area contributed by atoms with E-state index in [4.69, 9.17) is 5.53 Å². The first-order valence-electron chi connectivity index (χ1n) is 6.71. The van der Waals surface area contributed by atoms with Gasteiger partial charge in [0, 0.05) is 16.6 Å². The Bertz CT molecular complexity index is 471. The maximum atomic E-state index is 11.9. The van der Waals surface area contributed by atoms with E-state index in [1.54, 1.807) is 12.1 Å². The Hall–Kier alpha value is -2.00. The van der Waals surface area contributed by atoms with E-state index in [0.717, 1.165) is 18.4 Å². The lowest BCUT2D eigenvalue weighted by Crippen LogP contribution is -2.37. The molecule has 2 rings (SSSR count). The largest absolute Gasteiger partial charge is 0.353 e. The van der Waals surface area contributed by atoms with E-state index < -0.39 is 0 Å². The first-order chi connectivity index (χ1) is 9.28. The normalized spacial score (nSPS) is 15.6. The molecule has 1 aliphatic rings. The third-order valence-electron chi connectivity index (χ3n) is 3.43. The molecule has 1 amide bonds. The number of hydrogen-bond acceptors (Lipinski definition) is 2. The van der Waals surface area contributed by atoms with Crippen molar-refractivity contribution in [2.75, 3.05) is 0 Å². The van der Waals surface area contributed by atoms with Crippen molar-refractivity contribution in [1.82, 2.24) is 5.32 Å². The van der Waals surface area contributed by atoms with Gasteiger partial charge in [-0.1, -0.05) is 48.6 Å². The lowest BCUT2D eigenvalue weighted by atomic mass is 9.95. The Balaban J connectivity index is 1.85. The average Bonchev–Trinajstić information content (AvgIpc) is 2.42. The third-order valence-corrected chi connectivity index (χ3v) is 3.43. The van der Waals surface area contributed by atoms with E-state index in [-0.39, 0.29) is 5.91 Å². The molecule has 0 spiro atoms. The first-order valence-corrected chi connectivity index (χ1v) is 6.71. The molecular formula is C14H18N4O. The number of azide groups is 1. The summed E-state index contributed by atoms with van der Waals surface area (Å²) in [6, 6.07) is 7.45. The maximum absolute atomic E-state index is 11.9. The van der Waals surface area contributed by atoms with Crippen LogP contribution in [0.3, 0.4) is 0 Å². The fraction of sp³-hybridized carbons (Fsp3) is 0.500. The van der Waals surface area contributed by atoms with Crippen LogP contribution in [0.2, 0.25) is 0 Å². The fourth-order valence-electron chi connectivity index (χ4n) is 2.44. The van der Waals surface area contributed by atoms with E-state index >= 15 is 0 Å². The molecule has 0 aliphatic heterocycles. The Morgan fingerprint density at radius 2 is 1.95 bits per heavy atom. The lowest BCUT2D eigenvalue weighted by Gasteiger charge is -2.22. The van der Waals surface area contributed by atoms with Crippen LogP contribution in [0.15, 0.2) is 29.4 Å². The Morgan fingerprint density at radius 1 is 1.26 bits per heavy atom. The van der Waals surface area contributed by atoms with Gasteiger partial charge in [0.1, 0.15) is 0 Å². The Morgan fingerprint density at radius 3 is 2.58 bits per heavy atom. The second-order valence-corrected chi connectivity index (χ2v) is 4.94. The minimum Gasteiger partial charge on any atom is -0.353 e. The summed E-state index contributed by atoms with van der Waals surface area (Å²) >= 11 is 0. The minimum absolute atomic E-state index is 0.0726. The fourth-order valence-corrected chi connectivity index (χ4v) is 2.44. The Labute approximate surface area is 112 Å². The lowest BCUT2D eigenvalue weighted by molar-refractivity contribution is -0.121. The van der Waals surface area contributed by atoms with Crippen molar-refractivity contribution in [3.63, 3.8) is 0 Å². The van der Waals surface area contributed by atoms with Crippen molar-refractivity contribution in [1.29, 1.82) is 0 Å². The zero-order valence-electron chi connectivity index (χ0n) is 10.9. The van der Waals surface area contributed by atoms with E-state index in [0.29, 0.717) is 18.2 Å².